The molecule has 0 radical (unpaired) electrons. The third-order valence-electron chi connectivity index (χ3n) is 3.08. The molecule has 0 fully saturated rings. The van der Waals surface area contributed by atoms with Crippen molar-refractivity contribution in [3.63, 3.8) is 0 Å². The van der Waals surface area contributed by atoms with Gasteiger partial charge in [0.15, 0.2) is 5.82 Å². The van der Waals surface area contributed by atoms with Crippen LogP contribution in [0.1, 0.15) is 18.2 Å². The monoisotopic (exact) mass is 316 g/mol. The highest BCUT2D eigenvalue weighted by molar-refractivity contribution is 5.93. The Labute approximate surface area is 134 Å². The molecule has 7 nitrogen and oxygen atoms in total. The molecule has 7 heteroatoms. The number of oxime groups is 1. The molecule has 2 rings (SSSR count). The summed E-state index contributed by atoms with van der Waals surface area (Å²) >= 11 is 0. The minimum atomic E-state index is -0.746. The Morgan fingerprint density at radius 3 is 2.65 bits per heavy atom. The van der Waals surface area contributed by atoms with Gasteiger partial charge in [-0.15, -0.1) is 0 Å². The average molecular weight is 316 g/mol. The van der Waals surface area contributed by atoms with Crippen LogP contribution in [0.4, 0.5) is 11.5 Å². The minimum Gasteiger partial charge on any atom is -0.383 e. The first kappa shape index (κ1) is 16.5. The lowest BCUT2D eigenvalue weighted by Crippen LogP contribution is -2.26. The fraction of sp³-hybridized carbons (Fsp3) is 0.312. The SMILES string of the molecule is Cc1cc(NC(=O)C(C)O/N=C/c2ccc(N(C)C)cc2)no1. The molecule has 0 aliphatic rings. The van der Waals surface area contributed by atoms with E-state index in [0.29, 0.717) is 11.6 Å². The van der Waals surface area contributed by atoms with Crippen molar-refractivity contribution in [2.24, 2.45) is 5.16 Å². The van der Waals surface area contributed by atoms with Crippen LogP contribution in [-0.2, 0) is 9.63 Å². The van der Waals surface area contributed by atoms with E-state index < -0.39 is 6.10 Å². The van der Waals surface area contributed by atoms with Crippen LogP contribution in [0, 0.1) is 6.92 Å². The average Bonchev–Trinajstić information content (AvgIpc) is 2.92. The zero-order valence-corrected chi connectivity index (χ0v) is 13.6. The maximum atomic E-state index is 11.9. The molecule has 1 N–H and O–H groups in total. The second-order valence-electron chi connectivity index (χ2n) is 5.28. The molecule has 1 unspecified atom stereocenters. The Kier molecular flexibility index (Phi) is 5.35. The van der Waals surface area contributed by atoms with E-state index in [9.17, 15) is 4.79 Å². The van der Waals surface area contributed by atoms with Gasteiger partial charge in [0.25, 0.3) is 5.91 Å². The van der Waals surface area contributed by atoms with E-state index in [-0.39, 0.29) is 5.91 Å². The molecule has 23 heavy (non-hydrogen) atoms. The molecule has 0 aliphatic carbocycles. The minimum absolute atomic E-state index is 0.349. The van der Waals surface area contributed by atoms with Gasteiger partial charge in [0, 0.05) is 25.8 Å². The van der Waals surface area contributed by atoms with Gasteiger partial charge in [0.2, 0.25) is 6.10 Å². The zero-order chi connectivity index (χ0) is 16.8. The van der Waals surface area contributed by atoms with E-state index in [0.717, 1.165) is 11.3 Å². The fourth-order valence-electron chi connectivity index (χ4n) is 1.74. The molecule has 1 atom stereocenters. The molecule has 0 saturated carbocycles. The summed E-state index contributed by atoms with van der Waals surface area (Å²) in [6, 6.07) is 9.42. The van der Waals surface area contributed by atoms with Gasteiger partial charge in [0.05, 0.1) is 6.21 Å². The number of amides is 1. The molecule has 1 heterocycles. The van der Waals surface area contributed by atoms with E-state index in [1.54, 1.807) is 26.1 Å². The smallest absolute Gasteiger partial charge is 0.269 e. The van der Waals surface area contributed by atoms with Gasteiger partial charge in [-0.05, 0) is 31.5 Å². The van der Waals surface area contributed by atoms with Gasteiger partial charge in [-0.3, -0.25) is 4.79 Å². The lowest BCUT2D eigenvalue weighted by Gasteiger charge is -2.11. The normalized spacial score (nSPS) is 12.2. The van der Waals surface area contributed by atoms with Crippen molar-refractivity contribution >= 4 is 23.6 Å². The predicted molar refractivity (Wildman–Crippen MR) is 88.8 cm³/mol. The number of aromatic nitrogens is 1. The van der Waals surface area contributed by atoms with Crippen LogP contribution < -0.4 is 10.2 Å². The molecule has 1 aromatic heterocycles. The van der Waals surface area contributed by atoms with E-state index in [1.807, 2.05) is 43.3 Å². The summed E-state index contributed by atoms with van der Waals surface area (Å²) in [4.78, 5) is 19.0. The number of hydrogen-bond acceptors (Lipinski definition) is 6. The van der Waals surface area contributed by atoms with Crippen molar-refractivity contribution in [3.8, 4) is 0 Å². The molecule has 0 aliphatic heterocycles. The molecular formula is C16H20N4O3. The van der Waals surface area contributed by atoms with Crippen molar-refractivity contribution in [1.29, 1.82) is 0 Å². The van der Waals surface area contributed by atoms with Crippen LogP contribution in [0.25, 0.3) is 0 Å². The maximum Gasteiger partial charge on any atom is 0.269 e. The van der Waals surface area contributed by atoms with Crippen LogP contribution in [0.2, 0.25) is 0 Å². The third-order valence-corrected chi connectivity index (χ3v) is 3.08. The Morgan fingerprint density at radius 1 is 1.39 bits per heavy atom. The molecule has 0 saturated heterocycles. The maximum absolute atomic E-state index is 11.9. The highest BCUT2D eigenvalue weighted by atomic mass is 16.6. The van der Waals surface area contributed by atoms with Gasteiger partial charge in [0.1, 0.15) is 5.76 Å². The molecule has 1 amide bonds. The molecular weight excluding hydrogens is 296 g/mol. The highest BCUT2D eigenvalue weighted by Gasteiger charge is 2.15. The molecule has 122 valence electrons. The van der Waals surface area contributed by atoms with Crippen LogP contribution in [0.15, 0.2) is 40.0 Å². The molecule has 0 spiro atoms. The lowest BCUT2D eigenvalue weighted by molar-refractivity contribution is -0.126. The van der Waals surface area contributed by atoms with Crippen LogP contribution in [0.5, 0.6) is 0 Å². The zero-order valence-electron chi connectivity index (χ0n) is 13.6. The number of nitrogens with zero attached hydrogens (tertiary/aromatic N) is 3. The number of rotatable bonds is 6. The highest BCUT2D eigenvalue weighted by Crippen LogP contribution is 2.11. The number of hydrogen-bond donors (Lipinski definition) is 1. The quantitative estimate of drug-likeness (QED) is 0.654. The van der Waals surface area contributed by atoms with Crippen molar-refractivity contribution in [3.05, 3.63) is 41.7 Å². The van der Waals surface area contributed by atoms with Crippen LogP contribution in [-0.4, -0.2) is 37.5 Å². The van der Waals surface area contributed by atoms with Crippen LogP contribution in [0.3, 0.4) is 0 Å². The third kappa shape index (κ3) is 4.84. The molecule has 0 bridgehead atoms. The number of aryl methyl sites for hydroxylation is 1. The van der Waals surface area contributed by atoms with Crippen molar-refractivity contribution in [2.75, 3.05) is 24.3 Å². The fourth-order valence-corrected chi connectivity index (χ4v) is 1.74. The first-order chi connectivity index (χ1) is 11.0. The Balaban J connectivity index is 1.85. The summed E-state index contributed by atoms with van der Waals surface area (Å²) in [5.74, 6) is 0.623. The summed E-state index contributed by atoms with van der Waals surface area (Å²) in [6.45, 7) is 3.35. The van der Waals surface area contributed by atoms with Gasteiger partial charge >= 0.3 is 0 Å². The van der Waals surface area contributed by atoms with Gasteiger partial charge < -0.3 is 19.6 Å². The number of carbonyl (C=O) groups is 1. The van der Waals surface area contributed by atoms with Gasteiger partial charge in [-0.2, -0.15) is 0 Å². The Bertz CT molecular complexity index is 677. The number of anilines is 2. The number of benzene rings is 1. The van der Waals surface area contributed by atoms with E-state index >= 15 is 0 Å². The van der Waals surface area contributed by atoms with Gasteiger partial charge in [-0.25, -0.2) is 0 Å². The summed E-state index contributed by atoms with van der Waals surface area (Å²) in [5.41, 5.74) is 1.98. The number of nitrogens with one attached hydrogen (secondary N) is 1. The number of carbonyl (C=O) groups excluding carboxylic acids is 1. The van der Waals surface area contributed by atoms with Gasteiger partial charge in [-0.1, -0.05) is 22.4 Å². The topological polar surface area (TPSA) is 80.0 Å². The Morgan fingerprint density at radius 2 is 2.09 bits per heavy atom. The second kappa shape index (κ2) is 7.44. The first-order valence-electron chi connectivity index (χ1n) is 7.16. The molecule has 1 aromatic carbocycles. The summed E-state index contributed by atoms with van der Waals surface area (Å²) in [5, 5.41) is 10.1. The molecule has 2 aromatic rings. The predicted octanol–water partition coefficient (Wildman–Crippen LogP) is 2.43. The van der Waals surface area contributed by atoms with Crippen molar-refractivity contribution in [1.82, 2.24) is 5.16 Å². The Hall–Kier alpha value is -2.83. The van der Waals surface area contributed by atoms with Crippen molar-refractivity contribution in [2.45, 2.75) is 20.0 Å². The first-order valence-corrected chi connectivity index (χ1v) is 7.16. The standard InChI is InChI=1S/C16H20N4O3/c1-11-9-15(19-22-11)18-16(21)12(2)23-17-10-13-5-7-14(8-6-13)20(3)4/h5-10,12H,1-4H3,(H,18,19,21)/b17-10+. The lowest BCUT2D eigenvalue weighted by atomic mass is 10.2. The van der Waals surface area contributed by atoms with E-state index in [2.05, 4.69) is 15.6 Å². The van der Waals surface area contributed by atoms with Crippen LogP contribution >= 0.6 is 0 Å². The summed E-state index contributed by atoms with van der Waals surface area (Å²) in [7, 11) is 3.95. The largest absolute Gasteiger partial charge is 0.383 e. The summed E-state index contributed by atoms with van der Waals surface area (Å²) < 4.78 is 4.87. The van der Waals surface area contributed by atoms with E-state index in [1.165, 1.54) is 0 Å². The van der Waals surface area contributed by atoms with Crippen molar-refractivity contribution < 1.29 is 14.2 Å². The summed E-state index contributed by atoms with van der Waals surface area (Å²) in [6.07, 6.45) is 0.813. The van der Waals surface area contributed by atoms with E-state index in [4.69, 9.17) is 9.36 Å². The second-order valence-corrected chi connectivity index (χ2v) is 5.28.